The molecule has 1 heterocycles. The standard InChI is InChI=1S/C10H13NO5/c12-7-3-6(9(13)14)4-11(7)8(10(15)16)5-1-2-5/h5-6,8H,1-4H2,(H,13,14)(H,15,16)/t6?,8-/m0/s1. The first-order chi connectivity index (χ1) is 7.50. The number of amides is 1. The van der Waals surface area contributed by atoms with Gasteiger partial charge in [0.15, 0.2) is 0 Å². The molecule has 1 aliphatic carbocycles. The van der Waals surface area contributed by atoms with Crippen LogP contribution in [0.3, 0.4) is 0 Å². The highest BCUT2D eigenvalue weighted by atomic mass is 16.4. The number of carboxylic acid groups (broad SMARTS) is 2. The van der Waals surface area contributed by atoms with Gasteiger partial charge in [-0.25, -0.2) is 4.79 Å². The van der Waals surface area contributed by atoms with E-state index in [-0.39, 0.29) is 24.8 Å². The van der Waals surface area contributed by atoms with Crippen molar-refractivity contribution in [3.8, 4) is 0 Å². The summed E-state index contributed by atoms with van der Waals surface area (Å²) in [5.41, 5.74) is 0. The summed E-state index contributed by atoms with van der Waals surface area (Å²) in [5.74, 6) is -3.16. The zero-order valence-electron chi connectivity index (χ0n) is 8.63. The third kappa shape index (κ3) is 1.87. The fraction of sp³-hybridized carbons (Fsp3) is 0.700. The van der Waals surface area contributed by atoms with Crippen molar-refractivity contribution in [1.82, 2.24) is 4.90 Å². The van der Waals surface area contributed by atoms with Gasteiger partial charge in [0.1, 0.15) is 6.04 Å². The van der Waals surface area contributed by atoms with Gasteiger partial charge in [-0.15, -0.1) is 0 Å². The summed E-state index contributed by atoms with van der Waals surface area (Å²) in [5, 5.41) is 17.8. The van der Waals surface area contributed by atoms with Gasteiger partial charge in [0.05, 0.1) is 5.92 Å². The maximum absolute atomic E-state index is 11.6. The molecule has 1 amide bonds. The van der Waals surface area contributed by atoms with Crippen LogP contribution in [-0.2, 0) is 14.4 Å². The molecule has 1 saturated carbocycles. The molecule has 1 saturated heterocycles. The van der Waals surface area contributed by atoms with Crippen LogP contribution >= 0.6 is 0 Å². The van der Waals surface area contributed by atoms with Crippen molar-refractivity contribution < 1.29 is 24.6 Å². The maximum Gasteiger partial charge on any atom is 0.326 e. The van der Waals surface area contributed by atoms with Crippen LogP contribution in [-0.4, -0.2) is 45.5 Å². The van der Waals surface area contributed by atoms with Crippen LogP contribution in [0.25, 0.3) is 0 Å². The molecule has 0 aromatic carbocycles. The Labute approximate surface area is 91.8 Å². The molecule has 1 unspecified atom stereocenters. The maximum atomic E-state index is 11.6. The van der Waals surface area contributed by atoms with E-state index in [0.29, 0.717) is 0 Å². The molecule has 0 aromatic rings. The van der Waals surface area contributed by atoms with E-state index in [2.05, 4.69) is 0 Å². The number of carboxylic acids is 2. The van der Waals surface area contributed by atoms with Gasteiger partial charge >= 0.3 is 11.9 Å². The molecule has 88 valence electrons. The molecule has 2 N–H and O–H groups in total. The van der Waals surface area contributed by atoms with Gasteiger partial charge < -0.3 is 15.1 Å². The molecule has 6 heteroatoms. The molecule has 0 bridgehead atoms. The van der Waals surface area contributed by atoms with Gasteiger partial charge in [0.2, 0.25) is 5.91 Å². The topological polar surface area (TPSA) is 94.9 Å². The van der Waals surface area contributed by atoms with Gasteiger partial charge in [-0.05, 0) is 18.8 Å². The fourth-order valence-corrected chi connectivity index (χ4v) is 2.17. The monoisotopic (exact) mass is 227 g/mol. The lowest BCUT2D eigenvalue weighted by atomic mass is 10.1. The normalized spacial score (nSPS) is 26.9. The number of hydrogen-bond donors (Lipinski definition) is 2. The first-order valence-corrected chi connectivity index (χ1v) is 5.25. The minimum absolute atomic E-state index is 0.00833. The Kier molecular flexibility index (Phi) is 2.57. The number of hydrogen-bond acceptors (Lipinski definition) is 3. The third-order valence-corrected chi connectivity index (χ3v) is 3.17. The Bertz CT molecular complexity index is 349. The van der Waals surface area contributed by atoms with Gasteiger partial charge in [-0.1, -0.05) is 0 Å². The summed E-state index contributed by atoms with van der Waals surface area (Å²) >= 11 is 0. The zero-order valence-corrected chi connectivity index (χ0v) is 8.63. The average Bonchev–Trinajstić information content (AvgIpc) is 2.91. The van der Waals surface area contributed by atoms with Gasteiger partial charge in [-0.2, -0.15) is 0 Å². The van der Waals surface area contributed by atoms with E-state index >= 15 is 0 Å². The van der Waals surface area contributed by atoms with Crippen molar-refractivity contribution in [2.45, 2.75) is 25.3 Å². The zero-order chi connectivity index (χ0) is 11.9. The van der Waals surface area contributed by atoms with Crippen molar-refractivity contribution in [3.63, 3.8) is 0 Å². The summed E-state index contributed by atoms with van der Waals surface area (Å²) in [6.07, 6.45) is 1.53. The van der Waals surface area contributed by atoms with E-state index in [4.69, 9.17) is 10.2 Å². The number of nitrogens with zero attached hydrogens (tertiary/aromatic N) is 1. The molecule has 0 radical (unpaired) electrons. The first-order valence-electron chi connectivity index (χ1n) is 5.25. The molecular formula is C10H13NO5. The molecule has 6 nitrogen and oxygen atoms in total. The molecule has 2 aliphatic rings. The largest absolute Gasteiger partial charge is 0.481 e. The number of aliphatic carboxylic acids is 2. The van der Waals surface area contributed by atoms with Crippen LogP contribution in [0.1, 0.15) is 19.3 Å². The van der Waals surface area contributed by atoms with Gasteiger partial charge in [0, 0.05) is 13.0 Å². The Morgan fingerprint density at radius 2 is 1.94 bits per heavy atom. The van der Waals surface area contributed by atoms with E-state index in [1.807, 2.05) is 0 Å². The van der Waals surface area contributed by atoms with Crippen LogP contribution in [0.4, 0.5) is 0 Å². The van der Waals surface area contributed by atoms with Crippen molar-refractivity contribution in [1.29, 1.82) is 0 Å². The predicted octanol–water partition coefficient (Wildman–Crippen LogP) is -0.217. The first kappa shape index (κ1) is 10.9. The second-order valence-corrected chi connectivity index (χ2v) is 4.41. The van der Waals surface area contributed by atoms with Crippen molar-refractivity contribution in [3.05, 3.63) is 0 Å². The Hall–Kier alpha value is -1.59. The summed E-state index contributed by atoms with van der Waals surface area (Å²) in [6.45, 7) is 0.0294. The molecule has 0 spiro atoms. The van der Waals surface area contributed by atoms with E-state index in [1.165, 1.54) is 4.90 Å². The van der Waals surface area contributed by atoms with E-state index in [0.717, 1.165) is 12.8 Å². The fourth-order valence-electron chi connectivity index (χ4n) is 2.17. The molecule has 2 fully saturated rings. The Morgan fingerprint density at radius 1 is 1.31 bits per heavy atom. The highest BCUT2D eigenvalue weighted by Crippen LogP contribution is 2.37. The van der Waals surface area contributed by atoms with Crippen molar-refractivity contribution in [2.24, 2.45) is 11.8 Å². The lowest BCUT2D eigenvalue weighted by molar-refractivity contribution is -0.149. The van der Waals surface area contributed by atoms with Crippen molar-refractivity contribution >= 4 is 17.8 Å². The van der Waals surface area contributed by atoms with Crippen LogP contribution in [0.15, 0.2) is 0 Å². The van der Waals surface area contributed by atoms with Gasteiger partial charge in [0.25, 0.3) is 0 Å². The van der Waals surface area contributed by atoms with E-state index in [1.54, 1.807) is 0 Å². The molecule has 1 aliphatic heterocycles. The highest BCUT2D eigenvalue weighted by Gasteiger charge is 2.46. The third-order valence-electron chi connectivity index (χ3n) is 3.17. The highest BCUT2D eigenvalue weighted by molar-refractivity contribution is 5.89. The van der Waals surface area contributed by atoms with Crippen molar-refractivity contribution in [2.75, 3.05) is 6.54 Å². The number of carbonyl (C=O) groups excluding carboxylic acids is 1. The summed E-state index contributed by atoms with van der Waals surface area (Å²) in [6, 6.07) is -0.822. The number of carbonyl (C=O) groups is 3. The van der Waals surface area contributed by atoms with Gasteiger partial charge in [-0.3, -0.25) is 9.59 Å². The predicted molar refractivity (Wildman–Crippen MR) is 51.6 cm³/mol. The van der Waals surface area contributed by atoms with E-state index in [9.17, 15) is 14.4 Å². The lowest BCUT2D eigenvalue weighted by Gasteiger charge is -2.24. The average molecular weight is 227 g/mol. The Morgan fingerprint density at radius 3 is 2.31 bits per heavy atom. The smallest absolute Gasteiger partial charge is 0.326 e. The number of rotatable bonds is 4. The molecular weight excluding hydrogens is 214 g/mol. The summed E-state index contributed by atoms with van der Waals surface area (Å²) in [7, 11) is 0. The van der Waals surface area contributed by atoms with Crippen LogP contribution in [0.5, 0.6) is 0 Å². The molecule has 2 atom stereocenters. The lowest BCUT2D eigenvalue weighted by Crippen LogP contribution is -2.44. The second kappa shape index (κ2) is 3.77. The minimum Gasteiger partial charge on any atom is -0.481 e. The number of likely N-dealkylation sites (tertiary alicyclic amines) is 1. The molecule has 16 heavy (non-hydrogen) atoms. The van der Waals surface area contributed by atoms with Crippen LogP contribution < -0.4 is 0 Å². The SMILES string of the molecule is O=C(O)C1CC(=O)N([C@H](C(=O)O)C2CC2)C1. The second-order valence-electron chi connectivity index (χ2n) is 4.41. The van der Waals surface area contributed by atoms with E-state index < -0.39 is 23.9 Å². The quantitative estimate of drug-likeness (QED) is 0.692. The Balaban J connectivity index is 2.11. The molecule has 0 aromatic heterocycles. The van der Waals surface area contributed by atoms with Crippen LogP contribution in [0, 0.1) is 11.8 Å². The minimum atomic E-state index is -1.03. The summed E-state index contributed by atoms with van der Waals surface area (Å²) in [4.78, 5) is 34.6. The molecule has 2 rings (SSSR count). The summed E-state index contributed by atoms with van der Waals surface area (Å²) < 4.78 is 0. The van der Waals surface area contributed by atoms with Crippen LogP contribution in [0.2, 0.25) is 0 Å².